The first-order valence-corrected chi connectivity index (χ1v) is 9.06. The van der Waals surface area contributed by atoms with Gasteiger partial charge in [-0.1, -0.05) is 12.1 Å². The summed E-state index contributed by atoms with van der Waals surface area (Å²) in [6.45, 7) is 4.09. The highest BCUT2D eigenvalue weighted by Crippen LogP contribution is 2.38. The number of piperazine rings is 1. The monoisotopic (exact) mass is 369 g/mol. The first-order chi connectivity index (χ1) is 13.1. The van der Waals surface area contributed by atoms with Crippen molar-refractivity contribution in [2.75, 3.05) is 50.6 Å². The number of hydrogen-bond acceptors (Lipinski definition) is 6. The summed E-state index contributed by atoms with van der Waals surface area (Å²) in [6, 6.07) is 8.25. The zero-order valence-corrected chi connectivity index (χ0v) is 15.5. The fraction of sp³-hybridized carbons (Fsp3) is 0.421. The molecule has 0 aliphatic carbocycles. The van der Waals surface area contributed by atoms with Gasteiger partial charge in [0, 0.05) is 49.8 Å². The number of likely N-dealkylation sites (N-methyl/N-ethyl adjacent to an activating group) is 1. The summed E-state index contributed by atoms with van der Waals surface area (Å²) in [7, 11) is 3.47. The van der Waals surface area contributed by atoms with E-state index < -0.39 is 5.97 Å². The molecule has 1 atom stereocenters. The number of amides is 1. The van der Waals surface area contributed by atoms with Gasteiger partial charge in [0.15, 0.2) is 5.82 Å². The topological polar surface area (TPSA) is 90.6 Å². The van der Waals surface area contributed by atoms with Crippen molar-refractivity contribution in [1.82, 2.24) is 15.1 Å². The third-order valence-corrected chi connectivity index (χ3v) is 5.35. The summed E-state index contributed by atoms with van der Waals surface area (Å²) in [4.78, 5) is 28.9. The number of benzene rings is 1. The van der Waals surface area contributed by atoms with E-state index in [9.17, 15) is 9.59 Å². The predicted octanol–water partition coefficient (Wildman–Crippen LogP) is 1.42. The molecular weight excluding hydrogens is 346 g/mol. The first-order valence-electron chi connectivity index (χ1n) is 9.06. The molecule has 2 N–H and O–H groups in total. The van der Waals surface area contributed by atoms with Crippen LogP contribution in [0.5, 0.6) is 0 Å². The maximum Gasteiger partial charge on any atom is 0.356 e. The molecule has 8 heteroatoms. The lowest BCUT2D eigenvalue weighted by molar-refractivity contribution is -0.116. The molecule has 0 radical (unpaired) electrons. The van der Waals surface area contributed by atoms with E-state index >= 15 is 0 Å². The summed E-state index contributed by atoms with van der Waals surface area (Å²) in [5, 5.41) is 9.51. The van der Waals surface area contributed by atoms with Gasteiger partial charge in [-0.2, -0.15) is 5.10 Å². The van der Waals surface area contributed by atoms with Gasteiger partial charge in [0.25, 0.3) is 0 Å². The molecule has 1 amide bonds. The highest BCUT2D eigenvalue weighted by atomic mass is 16.5. The molecule has 142 valence electrons. The van der Waals surface area contributed by atoms with E-state index in [1.165, 1.54) is 12.8 Å². The smallest absolute Gasteiger partial charge is 0.356 e. The van der Waals surface area contributed by atoms with Gasteiger partial charge >= 0.3 is 5.97 Å². The molecule has 4 rings (SSSR count). The number of aromatic nitrogens is 2. The van der Waals surface area contributed by atoms with Gasteiger partial charge in [-0.15, -0.1) is 0 Å². The van der Waals surface area contributed by atoms with E-state index in [0.717, 1.165) is 31.7 Å². The lowest BCUT2D eigenvalue weighted by Gasteiger charge is -2.34. The minimum atomic E-state index is -0.487. The summed E-state index contributed by atoms with van der Waals surface area (Å²) >= 11 is 0. The van der Waals surface area contributed by atoms with Crippen LogP contribution in [0.25, 0.3) is 0 Å². The van der Waals surface area contributed by atoms with Crippen LogP contribution < -0.4 is 10.2 Å². The first kappa shape index (κ1) is 17.5. The van der Waals surface area contributed by atoms with Crippen molar-refractivity contribution in [3.05, 3.63) is 41.1 Å². The average molecular weight is 369 g/mol. The Bertz CT molecular complexity index is 853. The van der Waals surface area contributed by atoms with E-state index in [1.807, 2.05) is 12.1 Å². The number of fused-ring (bicyclic) bond motifs is 1. The van der Waals surface area contributed by atoms with Crippen molar-refractivity contribution in [2.24, 2.45) is 0 Å². The largest absolute Gasteiger partial charge is 0.464 e. The molecule has 1 aromatic carbocycles. The number of aromatic amines is 1. The van der Waals surface area contributed by atoms with Crippen molar-refractivity contribution in [3.8, 4) is 0 Å². The predicted molar refractivity (Wildman–Crippen MR) is 101 cm³/mol. The molecule has 0 bridgehead atoms. The number of carbonyl (C=O) groups is 2. The molecule has 27 heavy (non-hydrogen) atoms. The highest BCUT2D eigenvalue weighted by Gasteiger charge is 2.34. The number of anilines is 2. The molecule has 0 spiro atoms. The van der Waals surface area contributed by atoms with Gasteiger partial charge in [-0.25, -0.2) is 4.79 Å². The number of methoxy groups -OCH3 is 1. The Morgan fingerprint density at radius 1 is 1.19 bits per heavy atom. The number of hydrogen-bond donors (Lipinski definition) is 2. The number of ether oxygens (including phenoxy) is 1. The second-order valence-electron chi connectivity index (χ2n) is 7.04. The Morgan fingerprint density at radius 3 is 2.56 bits per heavy atom. The van der Waals surface area contributed by atoms with Gasteiger partial charge in [-0.3, -0.25) is 9.89 Å². The number of carbonyl (C=O) groups excluding carboxylic acids is 2. The number of H-pyrrole nitrogens is 1. The van der Waals surface area contributed by atoms with Gasteiger partial charge < -0.3 is 19.9 Å². The Labute approximate surface area is 157 Å². The fourth-order valence-corrected chi connectivity index (χ4v) is 3.78. The average Bonchev–Trinajstić information content (AvgIpc) is 3.11. The van der Waals surface area contributed by atoms with Crippen molar-refractivity contribution in [3.63, 3.8) is 0 Å². The maximum absolute atomic E-state index is 12.1. The van der Waals surface area contributed by atoms with Crippen LogP contribution in [0.1, 0.15) is 34.0 Å². The summed E-state index contributed by atoms with van der Waals surface area (Å²) in [6.07, 6.45) is 0.268. The number of nitrogens with one attached hydrogen (secondary N) is 2. The normalized spacial score (nSPS) is 20.1. The maximum atomic E-state index is 12.1. The standard InChI is InChI=1S/C19H23N5O3/c1-23-7-9-24(10-8-23)13-5-3-12(4-6-13)14-11-15(25)20-18-16(14)17(21-22-18)19(26)27-2/h3-6,14H,7-11H2,1-2H3,(H2,20,21,22,25). The van der Waals surface area contributed by atoms with E-state index in [1.54, 1.807) is 0 Å². The molecule has 0 saturated carbocycles. The second kappa shape index (κ2) is 7.03. The number of nitrogens with zero attached hydrogens (tertiary/aromatic N) is 3. The molecule has 3 heterocycles. The third kappa shape index (κ3) is 3.28. The lowest BCUT2D eigenvalue weighted by Crippen LogP contribution is -2.44. The zero-order chi connectivity index (χ0) is 19.0. The fourth-order valence-electron chi connectivity index (χ4n) is 3.78. The van der Waals surface area contributed by atoms with E-state index in [4.69, 9.17) is 4.74 Å². The van der Waals surface area contributed by atoms with Gasteiger partial charge in [0.2, 0.25) is 5.91 Å². The molecule has 1 fully saturated rings. The Balaban J connectivity index is 1.63. The van der Waals surface area contributed by atoms with Crippen molar-refractivity contribution >= 4 is 23.4 Å². The summed E-state index contributed by atoms with van der Waals surface area (Å²) in [5.41, 5.74) is 3.14. The second-order valence-corrected chi connectivity index (χ2v) is 7.04. The highest BCUT2D eigenvalue weighted by molar-refractivity contribution is 5.98. The molecule has 2 aromatic rings. The van der Waals surface area contributed by atoms with Crippen LogP contribution in [0.2, 0.25) is 0 Å². The quantitative estimate of drug-likeness (QED) is 0.796. The molecule has 2 aliphatic heterocycles. The Kier molecular flexibility index (Phi) is 4.57. The molecule has 1 saturated heterocycles. The summed E-state index contributed by atoms with van der Waals surface area (Å²) in [5.74, 6) is -0.430. The van der Waals surface area contributed by atoms with Crippen LogP contribution in [0.3, 0.4) is 0 Å². The van der Waals surface area contributed by atoms with Crippen LogP contribution >= 0.6 is 0 Å². The van der Waals surface area contributed by atoms with E-state index in [2.05, 4.69) is 44.5 Å². The Hall–Kier alpha value is -2.87. The summed E-state index contributed by atoms with van der Waals surface area (Å²) < 4.78 is 4.85. The van der Waals surface area contributed by atoms with Crippen LogP contribution in [0.4, 0.5) is 11.5 Å². The van der Waals surface area contributed by atoms with Gasteiger partial charge in [0.05, 0.1) is 7.11 Å². The SMILES string of the molecule is COC(=O)c1[nH]nc2c1C(c1ccc(N3CCN(C)CC3)cc1)CC(=O)N2. The van der Waals surface area contributed by atoms with E-state index in [-0.39, 0.29) is 18.2 Å². The van der Waals surface area contributed by atoms with Crippen LogP contribution in [0, 0.1) is 0 Å². The minimum absolute atomic E-state index is 0.112. The van der Waals surface area contributed by atoms with Crippen LogP contribution in [-0.4, -0.2) is 67.3 Å². The molecule has 8 nitrogen and oxygen atoms in total. The molecule has 1 unspecified atom stereocenters. The lowest BCUT2D eigenvalue weighted by atomic mass is 9.85. The van der Waals surface area contributed by atoms with Crippen molar-refractivity contribution in [1.29, 1.82) is 0 Å². The molecule has 1 aromatic heterocycles. The molecular formula is C19H23N5O3. The third-order valence-electron chi connectivity index (χ3n) is 5.35. The van der Waals surface area contributed by atoms with Gasteiger partial charge in [-0.05, 0) is 24.7 Å². The minimum Gasteiger partial charge on any atom is -0.464 e. The zero-order valence-electron chi connectivity index (χ0n) is 15.5. The Morgan fingerprint density at radius 2 is 1.89 bits per heavy atom. The number of esters is 1. The van der Waals surface area contributed by atoms with Crippen LogP contribution in [-0.2, 0) is 9.53 Å². The van der Waals surface area contributed by atoms with Crippen LogP contribution in [0.15, 0.2) is 24.3 Å². The van der Waals surface area contributed by atoms with Gasteiger partial charge in [0.1, 0.15) is 5.69 Å². The molecule has 2 aliphatic rings. The van der Waals surface area contributed by atoms with E-state index in [0.29, 0.717) is 17.1 Å². The van der Waals surface area contributed by atoms with Crippen molar-refractivity contribution in [2.45, 2.75) is 12.3 Å². The van der Waals surface area contributed by atoms with Crippen molar-refractivity contribution < 1.29 is 14.3 Å². The number of rotatable bonds is 3.